The fraction of sp³-hybridized carbons (Fsp3) is 0.526. The molecule has 1 amide bonds. The molecule has 134 valence electrons. The number of amides is 1. The van der Waals surface area contributed by atoms with E-state index in [1.807, 2.05) is 13.8 Å². The van der Waals surface area contributed by atoms with Gasteiger partial charge >= 0.3 is 0 Å². The first-order valence-corrected chi connectivity index (χ1v) is 8.90. The monoisotopic (exact) mass is 342 g/mol. The van der Waals surface area contributed by atoms with Gasteiger partial charge in [-0.15, -0.1) is 0 Å². The Labute approximate surface area is 148 Å². The molecule has 6 nitrogen and oxygen atoms in total. The number of likely N-dealkylation sites (tertiary alicyclic amines) is 1. The molecule has 2 heterocycles. The number of benzene rings is 1. The van der Waals surface area contributed by atoms with E-state index in [2.05, 4.69) is 51.5 Å². The lowest BCUT2D eigenvalue weighted by atomic mass is 9.96. The summed E-state index contributed by atoms with van der Waals surface area (Å²) in [6.07, 6.45) is 2.05. The molecular weight excluding hydrogens is 316 g/mol. The molecule has 0 spiro atoms. The Morgan fingerprint density at radius 1 is 1.36 bits per heavy atom. The van der Waals surface area contributed by atoms with E-state index in [0.717, 1.165) is 31.5 Å². The Morgan fingerprint density at radius 2 is 2.12 bits per heavy atom. The summed E-state index contributed by atoms with van der Waals surface area (Å²) in [4.78, 5) is 19.1. The maximum Gasteiger partial charge on any atom is 0.237 e. The second kappa shape index (κ2) is 7.78. The maximum absolute atomic E-state index is 12.5. The molecule has 0 radical (unpaired) electrons. The molecule has 25 heavy (non-hydrogen) atoms. The highest BCUT2D eigenvalue weighted by atomic mass is 16.5. The third-order valence-corrected chi connectivity index (χ3v) is 4.86. The molecule has 0 unspecified atom stereocenters. The van der Waals surface area contributed by atoms with Crippen molar-refractivity contribution in [1.29, 1.82) is 0 Å². The number of hydrogen-bond donors (Lipinski definition) is 1. The Balaban J connectivity index is 1.54. The van der Waals surface area contributed by atoms with E-state index in [-0.39, 0.29) is 17.9 Å². The lowest BCUT2D eigenvalue weighted by Crippen LogP contribution is -2.48. The Bertz CT molecular complexity index is 710. The van der Waals surface area contributed by atoms with Crippen molar-refractivity contribution in [3.63, 3.8) is 0 Å². The average molecular weight is 342 g/mol. The van der Waals surface area contributed by atoms with Crippen LogP contribution in [-0.2, 0) is 11.3 Å². The molecule has 1 aliphatic rings. The summed E-state index contributed by atoms with van der Waals surface area (Å²) in [5.74, 6) is 1.62. The van der Waals surface area contributed by atoms with Crippen molar-refractivity contribution in [2.75, 3.05) is 13.1 Å². The van der Waals surface area contributed by atoms with E-state index in [1.165, 1.54) is 5.56 Å². The summed E-state index contributed by atoms with van der Waals surface area (Å²) < 4.78 is 5.32. The van der Waals surface area contributed by atoms with Crippen LogP contribution in [0.5, 0.6) is 0 Å². The number of aryl methyl sites for hydroxylation is 2. The number of carbonyl (C=O) groups is 1. The molecule has 6 heteroatoms. The van der Waals surface area contributed by atoms with E-state index in [9.17, 15) is 4.79 Å². The molecule has 0 saturated carbocycles. The van der Waals surface area contributed by atoms with Crippen LogP contribution < -0.4 is 5.32 Å². The van der Waals surface area contributed by atoms with E-state index < -0.39 is 0 Å². The van der Waals surface area contributed by atoms with Crippen molar-refractivity contribution in [2.24, 2.45) is 0 Å². The van der Waals surface area contributed by atoms with E-state index >= 15 is 0 Å². The summed E-state index contributed by atoms with van der Waals surface area (Å²) in [6, 6.07) is 8.06. The molecule has 2 aromatic rings. The van der Waals surface area contributed by atoms with Crippen LogP contribution in [0.4, 0.5) is 0 Å². The molecule has 1 aromatic carbocycles. The number of piperidine rings is 1. The van der Waals surface area contributed by atoms with E-state index in [4.69, 9.17) is 4.52 Å². The van der Waals surface area contributed by atoms with Crippen LogP contribution in [-0.4, -0.2) is 40.1 Å². The number of nitrogens with one attached hydrogen (secondary N) is 1. The van der Waals surface area contributed by atoms with Crippen molar-refractivity contribution >= 4 is 5.91 Å². The van der Waals surface area contributed by atoms with Crippen molar-refractivity contribution in [1.82, 2.24) is 20.4 Å². The maximum atomic E-state index is 12.5. The minimum atomic E-state index is -0.169. The van der Waals surface area contributed by atoms with Gasteiger partial charge in [-0.05, 0) is 45.7 Å². The van der Waals surface area contributed by atoms with Gasteiger partial charge in [0.2, 0.25) is 11.8 Å². The molecule has 3 rings (SSSR count). The number of nitrogens with zero attached hydrogens (tertiary/aromatic N) is 3. The lowest BCUT2D eigenvalue weighted by molar-refractivity contribution is -0.126. The predicted octanol–water partition coefficient (Wildman–Crippen LogP) is 2.57. The SMILES string of the molecule is Cc1ccc(CNC(=O)[C@H](C)N2CCC[C@@H](c3nc(C)no3)C2)cc1. The van der Waals surface area contributed by atoms with Gasteiger partial charge in [-0.2, -0.15) is 4.98 Å². The molecular formula is C19H26N4O2. The van der Waals surface area contributed by atoms with Gasteiger partial charge in [0.1, 0.15) is 0 Å². The van der Waals surface area contributed by atoms with Gasteiger partial charge in [0.05, 0.1) is 12.0 Å². The van der Waals surface area contributed by atoms with Gasteiger partial charge < -0.3 is 9.84 Å². The standard InChI is InChI=1S/C19H26N4O2/c1-13-6-8-16(9-7-13)11-20-18(24)14(2)23-10-4-5-17(12-23)19-21-15(3)22-25-19/h6-9,14,17H,4-5,10-12H2,1-3H3,(H,20,24)/t14-,17+/m0/s1. The smallest absolute Gasteiger partial charge is 0.237 e. The van der Waals surface area contributed by atoms with Gasteiger partial charge in [0.15, 0.2) is 5.82 Å². The van der Waals surface area contributed by atoms with Crippen molar-refractivity contribution in [2.45, 2.75) is 52.1 Å². The van der Waals surface area contributed by atoms with Crippen molar-refractivity contribution < 1.29 is 9.32 Å². The Kier molecular flexibility index (Phi) is 5.48. The van der Waals surface area contributed by atoms with Crippen molar-refractivity contribution in [3.8, 4) is 0 Å². The Morgan fingerprint density at radius 3 is 2.80 bits per heavy atom. The van der Waals surface area contributed by atoms with Crippen LogP contribution in [0.1, 0.15) is 48.5 Å². The highest BCUT2D eigenvalue weighted by Crippen LogP contribution is 2.26. The minimum absolute atomic E-state index is 0.0583. The molecule has 1 aromatic heterocycles. The van der Waals surface area contributed by atoms with Gasteiger partial charge in [-0.25, -0.2) is 0 Å². The molecule has 2 atom stereocenters. The van der Waals surface area contributed by atoms with Crippen LogP contribution in [0.3, 0.4) is 0 Å². The second-order valence-corrected chi connectivity index (χ2v) is 6.89. The third-order valence-electron chi connectivity index (χ3n) is 4.86. The molecule has 1 N–H and O–H groups in total. The summed E-state index contributed by atoms with van der Waals surface area (Å²) in [5.41, 5.74) is 2.34. The highest BCUT2D eigenvalue weighted by Gasteiger charge is 2.30. The summed E-state index contributed by atoms with van der Waals surface area (Å²) in [7, 11) is 0. The zero-order chi connectivity index (χ0) is 17.8. The van der Waals surface area contributed by atoms with E-state index in [0.29, 0.717) is 18.3 Å². The zero-order valence-electron chi connectivity index (χ0n) is 15.2. The van der Waals surface area contributed by atoms with Crippen molar-refractivity contribution in [3.05, 3.63) is 47.1 Å². The third kappa shape index (κ3) is 4.45. The number of aromatic nitrogens is 2. The minimum Gasteiger partial charge on any atom is -0.351 e. The highest BCUT2D eigenvalue weighted by molar-refractivity contribution is 5.81. The molecule has 1 saturated heterocycles. The topological polar surface area (TPSA) is 71.3 Å². The average Bonchev–Trinajstić information content (AvgIpc) is 3.07. The predicted molar refractivity (Wildman–Crippen MR) is 95.1 cm³/mol. The second-order valence-electron chi connectivity index (χ2n) is 6.89. The first kappa shape index (κ1) is 17.6. The quantitative estimate of drug-likeness (QED) is 0.904. The van der Waals surface area contributed by atoms with Gasteiger partial charge in [0, 0.05) is 13.1 Å². The van der Waals surface area contributed by atoms with Gasteiger partial charge in [-0.3, -0.25) is 9.69 Å². The molecule has 1 fully saturated rings. The fourth-order valence-corrected chi connectivity index (χ4v) is 3.25. The first-order valence-electron chi connectivity index (χ1n) is 8.90. The fourth-order valence-electron chi connectivity index (χ4n) is 3.25. The van der Waals surface area contributed by atoms with Crippen LogP contribution >= 0.6 is 0 Å². The normalized spacial score (nSPS) is 19.6. The first-order chi connectivity index (χ1) is 12.0. The molecule has 0 aliphatic carbocycles. The van der Waals surface area contributed by atoms with E-state index in [1.54, 1.807) is 0 Å². The zero-order valence-corrected chi connectivity index (χ0v) is 15.2. The van der Waals surface area contributed by atoms with Crippen LogP contribution in [0, 0.1) is 13.8 Å². The van der Waals surface area contributed by atoms with Crippen LogP contribution in [0.15, 0.2) is 28.8 Å². The number of hydrogen-bond acceptors (Lipinski definition) is 5. The number of rotatable bonds is 5. The summed E-state index contributed by atoms with van der Waals surface area (Å²) in [5, 5.41) is 6.92. The van der Waals surface area contributed by atoms with Gasteiger partial charge in [-0.1, -0.05) is 35.0 Å². The molecule has 0 bridgehead atoms. The van der Waals surface area contributed by atoms with Crippen LogP contribution in [0.25, 0.3) is 0 Å². The summed E-state index contributed by atoms with van der Waals surface area (Å²) >= 11 is 0. The van der Waals surface area contributed by atoms with Gasteiger partial charge in [0.25, 0.3) is 0 Å². The molecule has 1 aliphatic heterocycles. The lowest BCUT2D eigenvalue weighted by Gasteiger charge is -2.34. The summed E-state index contributed by atoms with van der Waals surface area (Å²) in [6.45, 7) is 8.11. The largest absolute Gasteiger partial charge is 0.351 e. The number of carbonyl (C=O) groups excluding carboxylic acids is 1. The Hall–Kier alpha value is -2.21. The van der Waals surface area contributed by atoms with Crippen LogP contribution in [0.2, 0.25) is 0 Å².